The van der Waals surface area contributed by atoms with Crippen LogP contribution in [0.2, 0.25) is 0 Å². The molecule has 1 aliphatic rings. The number of anilines is 1. The summed E-state index contributed by atoms with van der Waals surface area (Å²) < 4.78 is 0.953. The lowest BCUT2D eigenvalue weighted by atomic mass is 9.98. The van der Waals surface area contributed by atoms with Gasteiger partial charge < -0.3 is 10.4 Å². The lowest BCUT2D eigenvalue weighted by Gasteiger charge is -2.30. The number of likely N-dealkylation sites (tertiary alicyclic amines) is 1. The first-order chi connectivity index (χ1) is 9.17. The molecule has 1 aromatic rings. The van der Waals surface area contributed by atoms with Gasteiger partial charge in [0.15, 0.2) is 0 Å². The number of aliphatic hydroxyl groups excluding tert-OH is 1. The zero-order chi connectivity index (χ0) is 13.7. The summed E-state index contributed by atoms with van der Waals surface area (Å²) in [4.78, 5) is 14.1. The smallest absolute Gasteiger partial charge is 0.238 e. The normalized spacial score (nSPS) is 17.4. The van der Waals surface area contributed by atoms with E-state index >= 15 is 0 Å². The Kier molecular flexibility index (Phi) is 5.36. The van der Waals surface area contributed by atoms with E-state index in [1.165, 1.54) is 0 Å². The van der Waals surface area contributed by atoms with Gasteiger partial charge >= 0.3 is 0 Å². The third kappa shape index (κ3) is 4.60. The standard InChI is InChI=1S/C14H19BrN2O2/c15-12-2-1-3-13(8-12)16-14(19)9-17-6-4-11(10-18)5-7-17/h1-3,8,11,18H,4-7,9-10H2,(H,16,19). The fourth-order valence-electron chi connectivity index (χ4n) is 2.30. The van der Waals surface area contributed by atoms with Crippen LogP contribution in [0.5, 0.6) is 0 Å². The largest absolute Gasteiger partial charge is 0.396 e. The Hall–Kier alpha value is -0.910. The number of hydrogen-bond donors (Lipinski definition) is 2. The summed E-state index contributed by atoms with van der Waals surface area (Å²) in [5.41, 5.74) is 0.810. The predicted molar refractivity (Wildman–Crippen MR) is 79.0 cm³/mol. The highest BCUT2D eigenvalue weighted by Crippen LogP contribution is 2.17. The zero-order valence-corrected chi connectivity index (χ0v) is 12.4. The Morgan fingerprint density at radius 2 is 2.16 bits per heavy atom. The second-order valence-corrected chi connectivity index (χ2v) is 5.88. The molecule has 2 rings (SSSR count). The molecule has 0 saturated carbocycles. The van der Waals surface area contributed by atoms with Crippen LogP contribution >= 0.6 is 15.9 Å². The summed E-state index contributed by atoms with van der Waals surface area (Å²) >= 11 is 3.38. The molecule has 0 spiro atoms. The van der Waals surface area contributed by atoms with E-state index in [0.29, 0.717) is 12.5 Å². The number of amides is 1. The highest BCUT2D eigenvalue weighted by atomic mass is 79.9. The number of nitrogens with zero attached hydrogens (tertiary/aromatic N) is 1. The third-order valence-corrected chi connectivity index (χ3v) is 3.93. The Bertz CT molecular complexity index is 431. The number of nitrogens with one attached hydrogen (secondary N) is 1. The number of piperidine rings is 1. The van der Waals surface area contributed by atoms with Gasteiger partial charge in [-0.15, -0.1) is 0 Å². The third-order valence-electron chi connectivity index (χ3n) is 3.44. The fraction of sp³-hybridized carbons (Fsp3) is 0.500. The number of rotatable bonds is 4. The predicted octanol–water partition coefficient (Wildman–Crippen LogP) is 2.09. The quantitative estimate of drug-likeness (QED) is 0.890. The van der Waals surface area contributed by atoms with Crippen LogP contribution < -0.4 is 5.32 Å². The van der Waals surface area contributed by atoms with Crippen LogP contribution in [0.25, 0.3) is 0 Å². The molecule has 0 aliphatic carbocycles. The molecule has 104 valence electrons. The Morgan fingerprint density at radius 1 is 1.42 bits per heavy atom. The second-order valence-electron chi connectivity index (χ2n) is 4.96. The summed E-state index contributed by atoms with van der Waals surface area (Å²) in [6, 6.07) is 7.58. The molecule has 1 saturated heterocycles. The van der Waals surface area contributed by atoms with Crippen molar-refractivity contribution < 1.29 is 9.90 Å². The van der Waals surface area contributed by atoms with Gasteiger partial charge in [-0.1, -0.05) is 22.0 Å². The summed E-state index contributed by atoms with van der Waals surface area (Å²) in [5.74, 6) is 0.421. The average Bonchev–Trinajstić information content (AvgIpc) is 2.39. The van der Waals surface area contributed by atoms with Crippen LogP contribution in [-0.2, 0) is 4.79 Å². The molecular weight excluding hydrogens is 308 g/mol. The van der Waals surface area contributed by atoms with E-state index in [9.17, 15) is 4.79 Å². The Labute approximate surface area is 121 Å². The van der Waals surface area contributed by atoms with Crippen molar-refractivity contribution >= 4 is 27.5 Å². The first kappa shape index (κ1) is 14.5. The first-order valence-electron chi connectivity index (χ1n) is 6.56. The van der Waals surface area contributed by atoms with E-state index in [2.05, 4.69) is 26.1 Å². The van der Waals surface area contributed by atoms with Gasteiger partial charge in [0.1, 0.15) is 0 Å². The monoisotopic (exact) mass is 326 g/mol. The SMILES string of the molecule is O=C(CN1CCC(CO)CC1)Nc1cccc(Br)c1. The number of halogens is 1. The van der Waals surface area contributed by atoms with Crippen molar-refractivity contribution in [3.05, 3.63) is 28.7 Å². The maximum atomic E-state index is 11.9. The average molecular weight is 327 g/mol. The molecule has 1 fully saturated rings. The lowest BCUT2D eigenvalue weighted by Crippen LogP contribution is -2.39. The van der Waals surface area contributed by atoms with Gasteiger partial charge in [-0.25, -0.2) is 0 Å². The van der Waals surface area contributed by atoms with E-state index in [-0.39, 0.29) is 12.5 Å². The minimum absolute atomic E-state index is 0.0144. The lowest BCUT2D eigenvalue weighted by molar-refractivity contribution is -0.117. The van der Waals surface area contributed by atoms with E-state index in [1.54, 1.807) is 0 Å². The molecule has 1 amide bonds. The maximum Gasteiger partial charge on any atom is 0.238 e. The number of hydrogen-bond acceptors (Lipinski definition) is 3. The van der Waals surface area contributed by atoms with Gasteiger partial charge in [0.05, 0.1) is 6.54 Å². The van der Waals surface area contributed by atoms with Crippen molar-refractivity contribution in [1.82, 2.24) is 4.90 Å². The van der Waals surface area contributed by atoms with Crippen LogP contribution in [0.15, 0.2) is 28.7 Å². The molecule has 0 atom stereocenters. The first-order valence-corrected chi connectivity index (χ1v) is 7.35. The Morgan fingerprint density at radius 3 is 2.79 bits per heavy atom. The molecule has 1 aromatic carbocycles. The van der Waals surface area contributed by atoms with Crippen LogP contribution in [-0.4, -0.2) is 42.2 Å². The highest BCUT2D eigenvalue weighted by Gasteiger charge is 2.20. The molecule has 4 nitrogen and oxygen atoms in total. The molecule has 0 unspecified atom stereocenters. The van der Waals surface area contributed by atoms with Gasteiger partial charge in [0, 0.05) is 16.8 Å². The summed E-state index contributed by atoms with van der Waals surface area (Å²) in [5, 5.41) is 12.0. The molecule has 0 aromatic heterocycles. The molecule has 1 heterocycles. The molecule has 0 bridgehead atoms. The topological polar surface area (TPSA) is 52.6 Å². The van der Waals surface area contributed by atoms with Crippen molar-refractivity contribution in [2.45, 2.75) is 12.8 Å². The van der Waals surface area contributed by atoms with E-state index < -0.39 is 0 Å². The van der Waals surface area contributed by atoms with E-state index in [1.807, 2.05) is 24.3 Å². The van der Waals surface area contributed by atoms with Crippen LogP contribution in [0.3, 0.4) is 0 Å². The number of carbonyl (C=O) groups excluding carboxylic acids is 1. The summed E-state index contributed by atoms with van der Waals surface area (Å²) in [6.07, 6.45) is 1.95. The molecule has 5 heteroatoms. The van der Waals surface area contributed by atoms with Gasteiger partial charge in [-0.05, 0) is 50.0 Å². The van der Waals surface area contributed by atoms with Crippen molar-refractivity contribution in [3.63, 3.8) is 0 Å². The van der Waals surface area contributed by atoms with Crippen molar-refractivity contribution in [3.8, 4) is 0 Å². The number of aliphatic hydroxyl groups is 1. The molecule has 0 radical (unpaired) electrons. The molecular formula is C14H19BrN2O2. The Balaban J connectivity index is 1.79. The second kappa shape index (κ2) is 7.03. The van der Waals surface area contributed by atoms with Crippen LogP contribution in [0.1, 0.15) is 12.8 Å². The fourth-order valence-corrected chi connectivity index (χ4v) is 2.70. The highest BCUT2D eigenvalue weighted by molar-refractivity contribution is 9.10. The summed E-state index contributed by atoms with van der Waals surface area (Å²) in [6.45, 7) is 2.46. The minimum atomic E-state index is 0.0144. The molecule has 19 heavy (non-hydrogen) atoms. The number of carbonyl (C=O) groups is 1. The minimum Gasteiger partial charge on any atom is -0.396 e. The van der Waals surface area contributed by atoms with E-state index in [4.69, 9.17) is 5.11 Å². The maximum absolute atomic E-state index is 11.9. The molecule has 2 N–H and O–H groups in total. The molecule has 1 aliphatic heterocycles. The van der Waals surface area contributed by atoms with Crippen molar-refractivity contribution in [2.75, 3.05) is 31.6 Å². The van der Waals surface area contributed by atoms with Gasteiger partial charge in [-0.2, -0.15) is 0 Å². The van der Waals surface area contributed by atoms with Gasteiger partial charge in [0.25, 0.3) is 0 Å². The zero-order valence-electron chi connectivity index (χ0n) is 10.8. The van der Waals surface area contributed by atoms with Gasteiger partial charge in [-0.3, -0.25) is 9.69 Å². The van der Waals surface area contributed by atoms with E-state index in [0.717, 1.165) is 36.1 Å². The van der Waals surface area contributed by atoms with Crippen molar-refractivity contribution in [1.29, 1.82) is 0 Å². The van der Waals surface area contributed by atoms with Crippen molar-refractivity contribution in [2.24, 2.45) is 5.92 Å². The van der Waals surface area contributed by atoms with Crippen LogP contribution in [0, 0.1) is 5.92 Å². The number of benzene rings is 1. The van der Waals surface area contributed by atoms with Gasteiger partial charge in [0.2, 0.25) is 5.91 Å². The van der Waals surface area contributed by atoms with Crippen LogP contribution in [0.4, 0.5) is 5.69 Å². The summed E-state index contributed by atoms with van der Waals surface area (Å²) in [7, 11) is 0.